The van der Waals surface area contributed by atoms with Gasteiger partial charge in [-0.25, -0.2) is 0 Å². The van der Waals surface area contributed by atoms with Crippen LogP contribution in [0.2, 0.25) is 0 Å². The van der Waals surface area contributed by atoms with Gasteiger partial charge in [0.25, 0.3) is 0 Å². The van der Waals surface area contributed by atoms with Gasteiger partial charge in [0, 0.05) is 12.7 Å². The molecule has 0 radical (unpaired) electrons. The van der Waals surface area contributed by atoms with Gasteiger partial charge in [-0.2, -0.15) is 0 Å². The van der Waals surface area contributed by atoms with E-state index in [-0.39, 0.29) is 0 Å². The number of nitrogens with zero attached hydrogens (tertiary/aromatic N) is 2. The second kappa shape index (κ2) is 2.36. The molecule has 3 rings (SSSR count). The molecule has 13 heavy (non-hydrogen) atoms. The predicted molar refractivity (Wildman–Crippen MR) is 49.4 cm³/mol. The molecule has 0 aromatic carbocycles. The van der Waals surface area contributed by atoms with Gasteiger partial charge in [-0.15, -0.1) is 0 Å². The normalized spacial score (nSPS) is 18.2. The molecule has 3 heterocycles. The fourth-order valence-electron chi connectivity index (χ4n) is 1.63. The van der Waals surface area contributed by atoms with Crippen LogP contribution >= 0.6 is 0 Å². The Kier molecular flexibility index (Phi) is 1.22. The Labute approximate surface area is 75.6 Å². The molecule has 1 aromatic heterocycles. The van der Waals surface area contributed by atoms with Crippen LogP contribution in [0.25, 0.3) is 11.8 Å². The maximum absolute atomic E-state index is 4.92. The van der Waals surface area contributed by atoms with Crippen LogP contribution in [0.4, 0.5) is 0 Å². The lowest BCUT2D eigenvalue weighted by Crippen LogP contribution is -2.20. The minimum atomic E-state index is 0.915. The molecule has 1 aromatic rings. The summed E-state index contributed by atoms with van der Waals surface area (Å²) in [7, 11) is 0. The molecule has 0 spiro atoms. The summed E-state index contributed by atoms with van der Waals surface area (Å²) in [6.45, 7) is 0.924. The summed E-state index contributed by atoms with van der Waals surface area (Å²) in [5, 5.41) is 3.89. The van der Waals surface area contributed by atoms with Crippen LogP contribution in [0.3, 0.4) is 0 Å². The van der Waals surface area contributed by atoms with Crippen LogP contribution in [0.15, 0.2) is 35.2 Å². The molecule has 0 fully saturated rings. The topological polar surface area (TPSA) is 29.3 Å². The minimum Gasteiger partial charge on any atom is -0.363 e. The van der Waals surface area contributed by atoms with Gasteiger partial charge in [0.1, 0.15) is 12.0 Å². The second-order valence-corrected chi connectivity index (χ2v) is 3.06. The lowest BCUT2D eigenvalue weighted by molar-refractivity contribution is 0.418. The van der Waals surface area contributed by atoms with Gasteiger partial charge < -0.3 is 9.42 Å². The van der Waals surface area contributed by atoms with Gasteiger partial charge in [-0.05, 0) is 12.2 Å². The molecule has 0 aliphatic carbocycles. The van der Waals surface area contributed by atoms with E-state index in [1.165, 1.54) is 5.70 Å². The number of fused-ring (bicyclic) bond motifs is 3. The monoisotopic (exact) mass is 172 g/mol. The van der Waals surface area contributed by atoms with Gasteiger partial charge >= 0.3 is 0 Å². The zero-order chi connectivity index (χ0) is 8.67. The Morgan fingerprint density at radius 2 is 2.46 bits per heavy atom. The van der Waals surface area contributed by atoms with Crippen molar-refractivity contribution in [3.8, 4) is 0 Å². The number of rotatable bonds is 0. The quantitative estimate of drug-likeness (QED) is 0.598. The highest BCUT2D eigenvalue weighted by molar-refractivity contribution is 5.76. The zero-order valence-corrected chi connectivity index (χ0v) is 6.97. The molecule has 3 nitrogen and oxygen atoms in total. The first kappa shape index (κ1) is 6.71. The van der Waals surface area contributed by atoms with Gasteiger partial charge in [0.15, 0.2) is 0 Å². The number of aromatic nitrogens is 1. The number of allylic oxidation sites excluding steroid dienone is 2. The molecule has 2 aliphatic rings. The van der Waals surface area contributed by atoms with Gasteiger partial charge in [-0.1, -0.05) is 17.3 Å². The van der Waals surface area contributed by atoms with E-state index in [0.717, 1.165) is 17.8 Å². The summed E-state index contributed by atoms with van der Waals surface area (Å²) in [5.41, 5.74) is 3.16. The maximum Gasteiger partial charge on any atom is 0.133 e. The van der Waals surface area contributed by atoms with E-state index >= 15 is 0 Å². The van der Waals surface area contributed by atoms with Crippen molar-refractivity contribution in [3.63, 3.8) is 0 Å². The van der Waals surface area contributed by atoms with Crippen molar-refractivity contribution in [2.24, 2.45) is 0 Å². The van der Waals surface area contributed by atoms with E-state index in [0.29, 0.717) is 0 Å². The van der Waals surface area contributed by atoms with E-state index < -0.39 is 0 Å². The molecular weight excluding hydrogens is 164 g/mol. The fourth-order valence-corrected chi connectivity index (χ4v) is 1.63. The first-order valence-corrected chi connectivity index (χ1v) is 4.21. The van der Waals surface area contributed by atoms with Crippen molar-refractivity contribution in [1.82, 2.24) is 10.1 Å². The Morgan fingerprint density at radius 1 is 1.46 bits per heavy atom. The summed E-state index contributed by atoms with van der Waals surface area (Å²) >= 11 is 0. The Morgan fingerprint density at radius 3 is 3.46 bits per heavy atom. The highest BCUT2D eigenvalue weighted by Crippen LogP contribution is 2.29. The standard InChI is InChI=1S/C10H8N2O/c1-2-5-12-6-4-9-8(7-13-11-9)10(12)3-1/h1-4,6-7H,5H2. The molecule has 0 bridgehead atoms. The highest BCUT2D eigenvalue weighted by atomic mass is 16.5. The first-order valence-electron chi connectivity index (χ1n) is 4.21. The highest BCUT2D eigenvalue weighted by Gasteiger charge is 2.19. The van der Waals surface area contributed by atoms with Crippen molar-refractivity contribution in [1.29, 1.82) is 0 Å². The Hall–Kier alpha value is -1.77. The third-order valence-electron chi connectivity index (χ3n) is 2.29. The third kappa shape index (κ3) is 0.869. The molecule has 0 N–H and O–H groups in total. The first-order chi connectivity index (χ1) is 6.45. The van der Waals surface area contributed by atoms with Crippen LogP contribution < -0.4 is 0 Å². The Bertz CT molecular complexity index is 426. The van der Waals surface area contributed by atoms with E-state index in [9.17, 15) is 0 Å². The summed E-state index contributed by atoms with van der Waals surface area (Å²) in [5.74, 6) is 0. The van der Waals surface area contributed by atoms with Crippen molar-refractivity contribution >= 4 is 11.8 Å². The van der Waals surface area contributed by atoms with Crippen LogP contribution in [0.1, 0.15) is 11.3 Å². The minimum absolute atomic E-state index is 0.915. The molecular formula is C10H8N2O. The second-order valence-electron chi connectivity index (χ2n) is 3.06. The molecule has 0 unspecified atom stereocenters. The molecule has 64 valence electrons. The zero-order valence-electron chi connectivity index (χ0n) is 6.97. The maximum atomic E-state index is 4.92. The SMILES string of the molecule is C1=CCN2C=Cc3nocc3C2=C1. The van der Waals surface area contributed by atoms with Crippen molar-refractivity contribution in [2.45, 2.75) is 0 Å². The molecule has 0 atom stereocenters. The number of hydrogen-bond donors (Lipinski definition) is 0. The largest absolute Gasteiger partial charge is 0.363 e. The molecule has 3 heteroatoms. The van der Waals surface area contributed by atoms with Gasteiger partial charge in [-0.3, -0.25) is 0 Å². The van der Waals surface area contributed by atoms with E-state index in [2.05, 4.69) is 28.3 Å². The average Bonchev–Trinajstić information content (AvgIpc) is 2.65. The Balaban J connectivity index is 2.21. The third-order valence-corrected chi connectivity index (χ3v) is 2.29. The molecule has 2 aliphatic heterocycles. The lowest BCUT2D eigenvalue weighted by Gasteiger charge is -2.26. The van der Waals surface area contributed by atoms with E-state index in [4.69, 9.17) is 4.52 Å². The van der Waals surface area contributed by atoms with Crippen LogP contribution in [0, 0.1) is 0 Å². The predicted octanol–water partition coefficient (Wildman–Crippen LogP) is 1.87. The van der Waals surface area contributed by atoms with E-state index in [1.807, 2.05) is 12.3 Å². The molecule has 0 amide bonds. The average molecular weight is 172 g/mol. The van der Waals surface area contributed by atoms with Crippen LogP contribution in [-0.2, 0) is 0 Å². The van der Waals surface area contributed by atoms with Crippen LogP contribution in [0.5, 0.6) is 0 Å². The molecule has 0 saturated heterocycles. The van der Waals surface area contributed by atoms with Gasteiger partial charge in [0.05, 0.1) is 11.3 Å². The smallest absolute Gasteiger partial charge is 0.133 e. The lowest BCUT2D eigenvalue weighted by atomic mass is 10.1. The van der Waals surface area contributed by atoms with Crippen LogP contribution in [-0.4, -0.2) is 16.6 Å². The summed E-state index contributed by atoms with van der Waals surface area (Å²) < 4.78 is 4.92. The van der Waals surface area contributed by atoms with Gasteiger partial charge in [0.2, 0.25) is 0 Å². The summed E-state index contributed by atoms with van der Waals surface area (Å²) in [6, 6.07) is 0. The van der Waals surface area contributed by atoms with Crippen molar-refractivity contribution < 1.29 is 4.52 Å². The fraction of sp³-hybridized carbons (Fsp3) is 0.100. The van der Waals surface area contributed by atoms with E-state index in [1.54, 1.807) is 6.26 Å². The summed E-state index contributed by atoms with van der Waals surface area (Å²) in [6.07, 6.45) is 11.9. The number of hydrogen-bond acceptors (Lipinski definition) is 3. The molecule has 0 saturated carbocycles. The summed E-state index contributed by atoms with van der Waals surface area (Å²) in [4.78, 5) is 2.17. The van der Waals surface area contributed by atoms with Crippen molar-refractivity contribution in [2.75, 3.05) is 6.54 Å². The van der Waals surface area contributed by atoms with Crippen molar-refractivity contribution in [3.05, 3.63) is 41.9 Å².